The van der Waals surface area contributed by atoms with E-state index < -0.39 is 0 Å². The number of nitrogens with two attached hydrogens (primary N) is 2. The van der Waals surface area contributed by atoms with Crippen LogP contribution in [-0.4, -0.2) is 0 Å². The van der Waals surface area contributed by atoms with Gasteiger partial charge in [0, 0.05) is 13.1 Å². The van der Waals surface area contributed by atoms with Gasteiger partial charge in [-0.25, -0.2) is 0 Å². The van der Waals surface area contributed by atoms with E-state index in [2.05, 4.69) is 6.07 Å². The van der Waals surface area contributed by atoms with Gasteiger partial charge in [0.25, 0.3) is 0 Å². The first-order chi connectivity index (χ1) is 4.86. The molecule has 53 valence electrons. The standard InChI is InChI=1S/C8H11N2/c9-5-7-2-1-3-8(4-7)6-10/h1-3H,5-6,9-10H2. The van der Waals surface area contributed by atoms with Gasteiger partial charge in [0.1, 0.15) is 0 Å². The number of hydrogen-bond donors (Lipinski definition) is 2. The van der Waals surface area contributed by atoms with Crippen molar-refractivity contribution < 1.29 is 0 Å². The summed E-state index contributed by atoms with van der Waals surface area (Å²) in [6.45, 7) is 1.07. The van der Waals surface area contributed by atoms with Crippen LogP contribution in [0.3, 0.4) is 0 Å². The molecule has 0 unspecified atom stereocenters. The molecule has 1 aromatic rings. The molecule has 0 aromatic heterocycles. The second-order valence-electron chi connectivity index (χ2n) is 2.11. The molecule has 0 amide bonds. The average molecular weight is 135 g/mol. The molecule has 0 aliphatic heterocycles. The Morgan fingerprint density at radius 1 is 1.10 bits per heavy atom. The van der Waals surface area contributed by atoms with E-state index in [9.17, 15) is 0 Å². The smallest absolute Gasteiger partial charge is 0.0184 e. The van der Waals surface area contributed by atoms with Gasteiger partial charge in [0.05, 0.1) is 0 Å². The summed E-state index contributed by atoms with van der Waals surface area (Å²) in [4.78, 5) is 0. The molecule has 1 radical (unpaired) electrons. The molecule has 0 bridgehead atoms. The van der Waals surface area contributed by atoms with Crippen molar-refractivity contribution in [1.29, 1.82) is 0 Å². The first kappa shape index (κ1) is 7.25. The van der Waals surface area contributed by atoms with E-state index in [1.807, 2.05) is 18.2 Å². The summed E-state index contributed by atoms with van der Waals surface area (Å²) < 4.78 is 0. The van der Waals surface area contributed by atoms with E-state index in [1.54, 1.807) is 0 Å². The van der Waals surface area contributed by atoms with Crippen molar-refractivity contribution in [2.24, 2.45) is 11.5 Å². The van der Waals surface area contributed by atoms with Gasteiger partial charge in [-0.2, -0.15) is 0 Å². The molecule has 0 heterocycles. The molecular weight excluding hydrogens is 124 g/mol. The zero-order chi connectivity index (χ0) is 7.40. The molecule has 0 fully saturated rings. The highest BCUT2D eigenvalue weighted by molar-refractivity contribution is 5.21. The minimum Gasteiger partial charge on any atom is -0.326 e. The van der Waals surface area contributed by atoms with Crippen LogP contribution >= 0.6 is 0 Å². The Hall–Kier alpha value is -0.860. The Kier molecular flexibility index (Phi) is 2.42. The van der Waals surface area contributed by atoms with E-state index >= 15 is 0 Å². The molecule has 10 heavy (non-hydrogen) atoms. The summed E-state index contributed by atoms with van der Waals surface area (Å²) in [6.07, 6.45) is 0. The highest BCUT2D eigenvalue weighted by Gasteiger charge is 1.90. The van der Waals surface area contributed by atoms with Gasteiger partial charge >= 0.3 is 0 Å². The first-order valence-corrected chi connectivity index (χ1v) is 3.27. The zero-order valence-corrected chi connectivity index (χ0v) is 5.80. The van der Waals surface area contributed by atoms with Crippen molar-refractivity contribution >= 4 is 0 Å². The lowest BCUT2D eigenvalue weighted by Gasteiger charge is -1.97. The normalized spacial score (nSPS) is 9.80. The molecule has 0 atom stereocenters. The van der Waals surface area contributed by atoms with Gasteiger partial charge in [-0.1, -0.05) is 18.2 Å². The maximum Gasteiger partial charge on any atom is 0.0184 e. The summed E-state index contributed by atoms with van der Waals surface area (Å²) in [5.74, 6) is 0. The highest BCUT2D eigenvalue weighted by Crippen LogP contribution is 2.01. The Morgan fingerprint density at radius 2 is 1.60 bits per heavy atom. The van der Waals surface area contributed by atoms with Crippen molar-refractivity contribution in [2.75, 3.05) is 0 Å². The fourth-order valence-electron chi connectivity index (χ4n) is 0.808. The van der Waals surface area contributed by atoms with E-state index in [-0.39, 0.29) is 0 Å². The Morgan fingerprint density at radius 3 is 2.00 bits per heavy atom. The predicted molar refractivity (Wildman–Crippen MR) is 41.1 cm³/mol. The van der Waals surface area contributed by atoms with Crippen molar-refractivity contribution in [2.45, 2.75) is 13.1 Å². The third kappa shape index (κ3) is 1.56. The maximum atomic E-state index is 5.40. The Balaban J connectivity index is 2.87. The first-order valence-electron chi connectivity index (χ1n) is 3.27. The summed E-state index contributed by atoms with van der Waals surface area (Å²) in [7, 11) is 0. The summed E-state index contributed by atoms with van der Waals surface area (Å²) in [6, 6.07) is 8.93. The van der Waals surface area contributed by atoms with Crippen LogP contribution in [0, 0.1) is 6.07 Å². The average Bonchev–Trinajstić information content (AvgIpc) is 2.05. The largest absolute Gasteiger partial charge is 0.326 e. The predicted octanol–water partition coefficient (Wildman–Crippen LogP) is 0.404. The van der Waals surface area contributed by atoms with Gasteiger partial charge in [-0.3, -0.25) is 0 Å². The van der Waals surface area contributed by atoms with Crippen LogP contribution in [-0.2, 0) is 13.1 Å². The van der Waals surface area contributed by atoms with E-state index in [0.717, 1.165) is 11.1 Å². The van der Waals surface area contributed by atoms with Gasteiger partial charge in [-0.05, 0) is 17.2 Å². The minimum atomic E-state index is 0.536. The molecule has 0 spiro atoms. The van der Waals surface area contributed by atoms with E-state index in [0.29, 0.717) is 13.1 Å². The second kappa shape index (κ2) is 3.34. The molecule has 0 saturated carbocycles. The molecule has 1 aromatic carbocycles. The van der Waals surface area contributed by atoms with Crippen molar-refractivity contribution in [3.63, 3.8) is 0 Å². The van der Waals surface area contributed by atoms with E-state index in [1.165, 1.54) is 0 Å². The van der Waals surface area contributed by atoms with Crippen molar-refractivity contribution in [3.8, 4) is 0 Å². The SMILES string of the molecule is NCc1[c]c(CN)ccc1. The van der Waals surface area contributed by atoms with Gasteiger partial charge in [-0.15, -0.1) is 0 Å². The molecule has 4 N–H and O–H groups in total. The summed E-state index contributed by atoms with van der Waals surface area (Å²) >= 11 is 0. The number of benzene rings is 1. The van der Waals surface area contributed by atoms with Gasteiger partial charge in [0.15, 0.2) is 0 Å². The van der Waals surface area contributed by atoms with Crippen molar-refractivity contribution in [1.82, 2.24) is 0 Å². The minimum absolute atomic E-state index is 0.536. The van der Waals surface area contributed by atoms with Crippen molar-refractivity contribution in [3.05, 3.63) is 35.4 Å². The summed E-state index contributed by atoms with van der Waals surface area (Å²) in [5.41, 5.74) is 12.8. The zero-order valence-electron chi connectivity index (χ0n) is 5.80. The fourth-order valence-corrected chi connectivity index (χ4v) is 0.808. The van der Waals surface area contributed by atoms with Crippen LogP contribution in [0.25, 0.3) is 0 Å². The molecule has 2 heteroatoms. The molecule has 0 aliphatic carbocycles. The molecule has 0 saturated heterocycles. The van der Waals surface area contributed by atoms with Crippen LogP contribution in [0.4, 0.5) is 0 Å². The van der Waals surface area contributed by atoms with Gasteiger partial charge < -0.3 is 11.5 Å². The monoisotopic (exact) mass is 135 g/mol. The topological polar surface area (TPSA) is 52.0 Å². The van der Waals surface area contributed by atoms with E-state index in [4.69, 9.17) is 11.5 Å². The third-order valence-corrected chi connectivity index (χ3v) is 1.36. The Labute approximate surface area is 60.8 Å². The molecule has 1 rings (SSSR count). The molecule has 2 nitrogen and oxygen atoms in total. The van der Waals surface area contributed by atoms with Crippen LogP contribution in [0.5, 0.6) is 0 Å². The molecule has 0 aliphatic rings. The number of hydrogen-bond acceptors (Lipinski definition) is 2. The number of rotatable bonds is 2. The molecular formula is C8H11N2. The lowest BCUT2D eigenvalue weighted by Crippen LogP contribution is -2.00. The van der Waals surface area contributed by atoms with Crippen LogP contribution in [0.1, 0.15) is 11.1 Å². The van der Waals surface area contributed by atoms with Gasteiger partial charge in [0.2, 0.25) is 0 Å². The Bertz CT molecular complexity index is 189. The summed E-state index contributed by atoms with van der Waals surface area (Å²) in [5, 5.41) is 0. The lowest BCUT2D eigenvalue weighted by molar-refractivity contribution is 1.02. The third-order valence-electron chi connectivity index (χ3n) is 1.36. The van der Waals surface area contributed by atoms with Crippen LogP contribution in [0.2, 0.25) is 0 Å². The fraction of sp³-hybridized carbons (Fsp3) is 0.250. The van der Waals surface area contributed by atoms with Crippen LogP contribution < -0.4 is 11.5 Å². The quantitative estimate of drug-likeness (QED) is 0.617. The lowest BCUT2D eigenvalue weighted by atomic mass is 10.1. The van der Waals surface area contributed by atoms with Crippen LogP contribution in [0.15, 0.2) is 18.2 Å². The highest BCUT2D eigenvalue weighted by atomic mass is 14.5. The maximum absolute atomic E-state index is 5.40. The second-order valence-corrected chi connectivity index (χ2v) is 2.11.